The van der Waals surface area contributed by atoms with Crippen LogP contribution in [0.25, 0.3) is 16.9 Å². The van der Waals surface area contributed by atoms with Crippen molar-refractivity contribution in [1.82, 2.24) is 14.5 Å². The van der Waals surface area contributed by atoms with Crippen LogP contribution in [-0.4, -0.2) is 14.5 Å². The molecule has 5 heteroatoms. The Morgan fingerprint density at radius 2 is 2.11 bits per heavy atom. The zero-order chi connectivity index (χ0) is 12.7. The molecule has 0 saturated carbocycles. The summed E-state index contributed by atoms with van der Waals surface area (Å²) in [5.41, 5.74) is 2.70. The number of imidazole rings is 1. The molecule has 0 aliphatic carbocycles. The van der Waals surface area contributed by atoms with Crippen LogP contribution in [-0.2, 0) is 0 Å². The van der Waals surface area contributed by atoms with E-state index in [2.05, 4.69) is 9.97 Å². The summed E-state index contributed by atoms with van der Waals surface area (Å²) >= 11 is 5.25. The van der Waals surface area contributed by atoms with Crippen LogP contribution in [0.4, 0.5) is 4.39 Å². The molecule has 2 heterocycles. The van der Waals surface area contributed by atoms with Crippen LogP contribution in [0, 0.1) is 17.5 Å². The molecule has 3 aromatic rings. The number of pyridine rings is 1. The third-order valence-electron chi connectivity index (χ3n) is 2.86. The second-order valence-electron chi connectivity index (χ2n) is 4.05. The predicted molar refractivity (Wildman–Crippen MR) is 70.9 cm³/mol. The first-order valence-corrected chi connectivity index (χ1v) is 5.90. The van der Waals surface area contributed by atoms with Crippen molar-refractivity contribution >= 4 is 23.4 Å². The fourth-order valence-electron chi connectivity index (χ4n) is 2.05. The minimum absolute atomic E-state index is 0.308. The molecule has 0 bridgehead atoms. The predicted octanol–water partition coefficient (Wildman–Crippen LogP) is 3.53. The summed E-state index contributed by atoms with van der Waals surface area (Å²) in [6.07, 6.45) is 1.66. The average Bonchev–Trinajstić information content (AvgIpc) is 2.66. The second kappa shape index (κ2) is 4.03. The number of aromatic amines is 1. The smallest absolute Gasteiger partial charge is 0.184 e. The molecule has 0 aliphatic heterocycles. The highest BCUT2D eigenvalue weighted by molar-refractivity contribution is 7.71. The quantitative estimate of drug-likeness (QED) is 0.678. The van der Waals surface area contributed by atoms with E-state index in [1.54, 1.807) is 16.8 Å². The van der Waals surface area contributed by atoms with Crippen molar-refractivity contribution in [3.8, 4) is 5.69 Å². The molecule has 0 radical (unpaired) electrons. The molecule has 0 amide bonds. The van der Waals surface area contributed by atoms with Crippen LogP contribution < -0.4 is 0 Å². The highest BCUT2D eigenvalue weighted by Crippen LogP contribution is 2.22. The van der Waals surface area contributed by atoms with Crippen molar-refractivity contribution < 1.29 is 4.39 Å². The summed E-state index contributed by atoms with van der Waals surface area (Å²) in [7, 11) is 0. The first-order chi connectivity index (χ1) is 8.68. The number of hydrogen-bond acceptors (Lipinski definition) is 2. The molecule has 0 saturated heterocycles. The van der Waals surface area contributed by atoms with Crippen molar-refractivity contribution in [2.45, 2.75) is 6.92 Å². The van der Waals surface area contributed by atoms with Crippen molar-refractivity contribution in [3.05, 3.63) is 52.7 Å². The van der Waals surface area contributed by atoms with Gasteiger partial charge in [-0.1, -0.05) is 12.1 Å². The number of fused-ring (bicyclic) bond motifs is 1. The summed E-state index contributed by atoms with van der Waals surface area (Å²) in [5.74, 6) is -0.308. The molecule has 2 aromatic heterocycles. The maximum absolute atomic E-state index is 14.0. The Hall–Kier alpha value is -2.01. The molecule has 0 fully saturated rings. The highest BCUT2D eigenvalue weighted by atomic mass is 32.1. The van der Waals surface area contributed by atoms with E-state index >= 15 is 0 Å². The maximum Gasteiger partial charge on any atom is 0.184 e. The Balaban J connectivity index is 2.46. The van der Waals surface area contributed by atoms with Crippen LogP contribution >= 0.6 is 12.2 Å². The number of para-hydroxylation sites is 1. The van der Waals surface area contributed by atoms with Gasteiger partial charge in [0.15, 0.2) is 10.4 Å². The lowest BCUT2D eigenvalue weighted by Gasteiger charge is -2.08. The monoisotopic (exact) mass is 259 g/mol. The molecular weight excluding hydrogens is 249 g/mol. The number of nitrogens with zero attached hydrogens (tertiary/aromatic N) is 2. The van der Waals surface area contributed by atoms with Crippen molar-refractivity contribution in [3.63, 3.8) is 0 Å². The fourth-order valence-corrected chi connectivity index (χ4v) is 2.34. The molecule has 90 valence electrons. The van der Waals surface area contributed by atoms with Crippen LogP contribution in [0.2, 0.25) is 0 Å². The number of hydrogen-bond donors (Lipinski definition) is 1. The Bertz CT molecular complexity index is 768. The van der Waals surface area contributed by atoms with Gasteiger partial charge in [0.05, 0.1) is 11.2 Å². The molecule has 3 nitrogen and oxygen atoms in total. The molecular formula is C13H10FN3S. The van der Waals surface area contributed by atoms with Gasteiger partial charge in [-0.15, -0.1) is 0 Å². The Kier molecular flexibility index (Phi) is 2.48. The first kappa shape index (κ1) is 11.1. The summed E-state index contributed by atoms with van der Waals surface area (Å²) < 4.78 is 16.1. The van der Waals surface area contributed by atoms with Crippen LogP contribution in [0.5, 0.6) is 0 Å². The van der Waals surface area contributed by atoms with E-state index in [9.17, 15) is 4.39 Å². The van der Waals surface area contributed by atoms with Gasteiger partial charge in [0, 0.05) is 6.20 Å². The number of rotatable bonds is 1. The summed E-state index contributed by atoms with van der Waals surface area (Å²) in [4.78, 5) is 7.29. The number of halogens is 1. The zero-order valence-corrected chi connectivity index (χ0v) is 10.5. The molecule has 18 heavy (non-hydrogen) atoms. The van der Waals surface area contributed by atoms with Gasteiger partial charge in [-0.3, -0.25) is 4.57 Å². The van der Waals surface area contributed by atoms with Gasteiger partial charge in [-0.25, -0.2) is 9.37 Å². The lowest BCUT2D eigenvalue weighted by Crippen LogP contribution is -2.01. The number of benzene rings is 1. The normalized spacial score (nSPS) is 11.0. The van der Waals surface area contributed by atoms with E-state index in [4.69, 9.17) is 12.2 Å². The van der Waals surface area contributed by atoms with Crippen LogP contribution in [0.3, 0.4) is 0 Å². The summed E-state index contributed by atoms with van der Waals surface area (Å²) in [6, 6.07) is 8.63. The Morgan fingerprint density at radius 3 is 2.89 bits per heavy atom. The van der Waals surface area contributed by atoms with E-state index in [0.29, 0.717) is 16.1 Å². The van der Waals surface area contributed by atoms with E-state index in [-0.39, 0.29) is 5.82 Å². The SMILES string of the molecule is Cc1cccc(F)c1-n1c(=S)[nH]c2cccnc21. The Labute approximate surface area is 108 Å². The van der Waals surface area contributed by atoms with Crippen LogP contribution in [0.15, 0.2) is 36.5 Å². The lowest BCUT2D eigenvalue weighted by molar-refractivity contribution is 0.617. The van der Waals surface area contributed by atoms with Gasteiger partial charge >= 0.3 is 0 Å². The third kappa shape index (κ3) is 1.55. The summed E-state index contributed by atoms with van der Waals surface area (Å²) in [6.45, 7) is 1.85. The van der Waals surface area contributed by atoms with Gasteiger partial charge in [-0.05, 0) is 42.9 Å². The maximum atomic E-state index is 14.0. The van der Waals surface area contributed by atoms with E-state index < -0.39 is 0 Å². The molecule has 0 atom stereocenters. The minimum Gasteiger partial charge on any atom is -0.329 e. The van der Waals surface area contributed by atoms with Crippen molar-refractivity contribution in [2.24, 2.45) is 0 Å². The fraction of sp³-hybridized carbons (Fsp3) is 0.0769. The van der Waals surface area contributed by atoms with E-state index in [1.165, 1.54) is 6.07 Å². The van der Waals surface area contributed by atoms with Gasteiger partial charge in [0.25, 0.3) is 0 Å². The minimum atomic E-state index is -0.308. The average molecular weight is 259 g/mol. The molecule has 3 rings (SSSR count). The lowest BCUT2D eigenvalue weighted by atomic mass is 10.2. The topological polar surface area (TPSA) is 33.6 Å². The van der Waals surface area contributed by atoms with Gasteiger partial charge in [0.1, 0.15) is 5.82 Å². The van der Waals surface area contributed by atoms with Gasteiger partial charge < -0.3 is 4.98 Å². The molecule has 0 unspecified atom stereocenters. The number of aryl methyl sites for hydroxylation is 1. The number of aromatic nitrogens is 3. The molecule has 1 aromatic carbocycles. The van der Waals surface area contributed by atoms with Crippen molar-refractivity contribution in [1.29, 1.82) is 0 Å². The Morgan fingerprint density at radius 1 is 1.28 bits per heavy atom. The van der Waals surface area contributed by atoms with E-state index in [0.717, 1.165) is 11.1 Å². The number of nitrogens with one attached hydrogen (secondary N) is 1. The summed E-state index contributed by atoms with van der Waals surface area (Å²) in [5, 5.41) is 0. The van der Waals surface area contributed by atoms with E-state index in [1.807, 2.05) is 25.1 Å². The van der Waals surface area contributed by atoms with Gasteiger partial charge in [0.2, 0.25) is 0 Å². The van der Waals surface area contributed by atoms with Crippen molar-refractivity contribution in [2.75, 3.05) is 0 Å². The zero-order valence-electron chi connectivity index (χ0n) is 9.64. The standard InChI is InChI=1S/C13H10FN3S/c1-8-4-2-5-9(14)11(8)17-12-10(16-13(17)18)6-3-7-15-12/h2-7H,1H3,(H,16,18). The van der Waals surface area contributed by atoms with Gasteiger partial charge in [-0.2, -0.15) is 0 Å². The molecule has 0 spiro atoms. The second-order valence-corrected chi connectivity index (χ2v) is 4.43. The largest absolute Gasteiger partial charge is 0.329 e. The number of H-pyrrole nitrogens is 1. The third-order valence-corrected chi connectivity index (χ3v) is 3.14. The molecule has 0 aliphatic rings. The van der Waals surface area contributed by atoms with Crippen LogP contribution in [0.1, 0.15) is 5.56 Å². The highest BCUT2D eigenvalue weighted by Gasteiger charge is 2.13. The molecule has 1 N–H and O–H groups in total. The first-order valence-electron chi connectivity index (χ1n) is 5.50.